The van der Waals surface area contributed by atoms with Crippen molar-refractivity contribution in [1.29, 1.82) is 0 Å². The van der Waals surface area contributed by atoms with Crippen molar-refractivity contribution in [1.82, 2.24) is 0 Å². The molecule has 0 aromatic carbocycles. The molecule has 26 valence electrons. The first-order valence-corrected chi connectivity index (χ1v) is 9.59. The van der Waals surface area contributed by atoms with Gasteiger partial charge in [-0.2, -0.15) is 0 Å². The molecule has 0 nitrogen and oxygen atoms in total. The Bertz CT molecular complexity index is 84.9. The molecule has 0 fully saturated rings. The topological polar surface area (TPSA) is 0 Å². The van der Waals surface area contributed by atoms with Crippen LogP contribution in [0.2, 0.25) is 5.25 Å². The summed E-state index contributed by atoms with van der Waals surface area (Å²) in [6.45, 7) is 0. The van der Waals surface area contributed by atoms with Gasteiger partial charge in [-0.15, -0.1) is 0 Å². The van der Waals surface area contributed by atoms with Gasteiger partial charge in [0.25, 0.3) is 0 Å². The minimum atomic E-state index is -0.481. The summed E-state index contributed by atoms with van der Waals surface area (Å²) >= 11 is 2.67. The molecule has 1 aliphatic rings. The van der Waals surface area contributed by atoms with Gasteiger partial charge in [-0.05, 0) is 0 Å². The second-order valence-corrected chi connectivity index (χ2v) is 10.3. The summed E-state index contributed by atoms with van der Waals surface area (Å²) in [5, 5.41) is 1.42. The fourth-order valence-electron chi connectivity index (χ4n) is 0.214. The van der Waals surface area contributed by atoms with Gasteiger partial charge in [0.2, 0.25) is 0 Å². The van der Waals surface area contributed by atoms with Crippen molar-refractivity contribution in [3.05, 3.63) is 11.0 Å². The number of allylic oxidation sites excluding steroid dienone is 1. The summed E-state index contributed by atoms with van der Waals surface area (Å²) in [5.41, 5.74) is 0. The van der Waals surface area contributed by atoms with E-state index >= 15 is 0 Å². The molecule has 0 spiro atoms. The van der Waals surface area contributed by atoms with E-state index in [1.54, 1.807) is 0 Å². The van der Waals surface area contributed by atoms with Crippen molar-refractivity contribution in [3.8, 4) is 0 Å². The van der Waals surface area contributed by atoms with Gasteiger partial charge in [-0.3, -0.25) is 0 Å². The fraction of sp³-hybridized carbons (Fsp3) is 0.333. The van der Waals surface area contributed by atoms with Crippen LogP contribution >= 0.6 is 0 Å². The molecule has 0 radical (unpaired) electrons. The van der Waals surface area contributed by atoms with Crippen molar-refractivity contribution in [2.45, 2.75) is 5.25 Å². The standard InChI is InChI=1S/C3H4GeSe/c5-4-2-1-3-4/h1-2H,3H2. The van der Waals surface area contributed by atoms with E-state index in [-0.39, 0.29) is 0 Å². The monoisotopic (exact) mass is 194 g/mol. The molecule has 1 aliphatic heterocycles. The zero-order valence-electron chi connectivity index (χ0n) is 2.77. The van der Waals surface area contributed by atoms with Crippen LogP contribution in [0.15, 0.2) is 11.0 Å². The van der Waals surface area contributed by atoms with E-state index in [4.69, 9.17) is 0 Å². The van der Waals surface area contributed by atoms with Crippen molar-refractivity contribution in [3.63, 3.8) is 0 Å². The van der Waals surface area contributed by atoms with E-state index in [0.29, 0.717) is 0 Å². The Morgan fingerprint density at radius 1 is 1.80 bits per heavy atom. The summed E-state index contributed by atoms with van der Waals surface area (Å²) in [6.07, 6.45) is 2.24. The van der Waals surface area contributed by atoms with Crippen LogP contribution in [-0.4, -0.2) is 25.5 Å². The molecule has 0 unspecified atom stereocenters. The first kappa shape index (κ1) is 3.97. The van der Waals surface area contributed by atoms with Gasteiger partial charge in [0.05, 0.1) is 0 Å². The van der Waals surface area contributed by atoms with Gasteiger partial charge in [-0.1, -0.05) is 0 Å². The molecule has 0 saturated carbocycles. The Labute approximate surface area is 42.0 Å². The van der Waals surface area contributed by atoms with Crippen molar-refractivity contribution < 1.29 is 0 Å². The van der Waals surface area contributed by atoms with Crippen molar-refractivity contribution >= 4 is 25.5 Å². The van der Waals surface area contributed by atoms with Gasteiger partial charge in [0.1, 0.15) is 0 Å². The third-order valence-corrected chi connectivity index (χ3v) is 6.54. The van der Waals surface area contributed by atoms with Crippen LogP contribution in [0.4, 0.5) is 0 Å². The van der Waals surface area contributed by atoms with Crippen molar-refractivity contribution in [2.75, 3.05) is 0 Å². The Kier molecular flexibility index (Phi) is 1.19. The Hall–Kier alpha value is 0.802. The van der Waals surface area contributed by atoms with Crippen molar-refractivity contribution in [2.24, 2.45) is 0 Å². The van der Waals surface area contributed by atoms with Crippen LogP contribution in [0.5, 0.6) is 0 Å². The molecule has 1 rings (SSSR count). The first-order valence-electron chi connectivity index (χ1n) is 1.59. The van der Waals surface area contributed by atoms with E-state index in [9.17, 15) is 0 Å². The third-order valence-electron chi connectivity index (χ3n) is 0.623. The zero-order chi connectivity index (χ0) is 3.70. The molecule has 0 aliphatic carbocycles. The molecule has 0 amide bonds. The summed E-state index contributed by atoms with van der Waals surface area (Å²) in [4.78, 5) is 2.33. The van der Waals surface area contributed by atoms with Gasteiger partial charge in [0, 0.05) is 0 Å². The number of hydrogen-bond donors (Lipinski definition) is 0. The van der Waals surface area contributed by atoms with Gasteiger partial charge >= 0.3 is 41.7 Å². The molecule has 1 heterocycles. The summed E-state index contributed by atoms with van der Waals surface area (Å²) in [5.74, 6) is 0. The average molecular weight is 192 g/mol. The van der Waals surface area contributed by atoms with Gasteiger partial charge in [-0.25, -0.2) is 0 Å². The van der Waals surface area contributed by atoms with E-state index in [1.807, 2.05) is 0 Å². The zero-order valence-corrected chi connectivity index (χ0v) is 6.58. The van der Waals surface area contributed by atoms with Gasteiger partial charge < -0.3 is 0 Å². The summed E-state index contributed by atoms with van der Waals surface area (Å²) in [6, 6.07) is 0. The van der Waals surface area contributed by atoms with E-state index in [2.05, 4.69) is 24.5 Å². The second kappa shape index (κ2) is 1.50. The van der Waals surface area contributed by atoms with Crippen LogP contribution in [0, 0.1) is 0 Å². The second-order valence-electron chi connectivity index (χ2n) is 1.07. The van der Waals surface area contributed by atoms with Gasteiger partial charge in [0.15, 0.2) is 0 Å². The Morgan fingerprint density at radius 2 is 2.20 bits per heavy atom. The molecular formula is C3H4GeSe. The normalized spacial score (nSPS) is 18.8. The molecular weight excluding hydrogens is 188 g/mol. The minimum absolute atomic E-state index is 0.481. The van der Waals surface area contributed by atoms with E-state index in [1.165, 1.54) is 5.25 Å². The fourth-order valence-corrected chi connectivity index (χ4v) is 3.21. The molecule has 0 aromatic rings. The van der Waals surface area contributed by atoms with Crippen LogP contribution in [-0.2, 0) is 0 Å². The predicted octanol–water partition coefficient (Wildman–Crippen LogP) is 0.255. The van der Waals surface area contributed by atoms with E-state index in [0.717, 1.165) is 0 Å². The molecule has 0 saturated heterocycles. The van der Waals surface area contributed by atoms with Crippen LogP contribution < -0.4 is 0 Å². The summed E-state index contributed by atoms with van der Waals surface area (Å²) < 4.78 is 0. The Balaban J connectivity index is 2.71. The van der Waals surface area contributed by atoms with E-state index < -0.39 is 11.9 Å². The number of rotatable bonds is 0. The first-order chi connectivity index (χ1) is 2.39. The molecule has 0 atom stereocenters. The maximum atomic E-state index is 3.16. The third kappa shape index (κ3) is 0.815. The SMILES string of the molecule is [Se]=[Ge]1[CH]=C[CH2]1. The molecule has 2 heteroatoms. The van der Waals surface area contributed by atoms with Crippen LogP contribution in [0.3, 0.4) is 0 Å². The molecule has 0 aromatic heterocycles. The van der Waals surface area contributed by atoms with Crippen LogP contribution in [0.25, 0.3) is 0 Å². The van der Waals surface area contributed by atoms with Crippen LogP contribution in [0.1, 0.15) is 0 Å². The molecule has 5 heavy (non-hydrogen) atoms. The Morgan fingerprint density at radius 3 is 2.20 bits per heavy atom. The summed E-state index contributed by atoms with van der Waals surface area (Å²) in [7, 11) is 0. The molecule has 0 bridgehead atoms. The molecule has 0 N–H and O–H groups in total. The number of hydrogen-bond acceptors (Lipinski definition) is 0. The quantitative estimate of drug-likeness (QED) is 0.482. The maximum absolute atomic E-state index is 3.16. The average Bonchev–Trinajstić information content (AvgIpc) is 1.30. The predicted molar refractivity (Wildman–Crippen MR) is 25.5 cm³/mol.